The molecule has 0 heterocycles. The zero-order valence-electron chi connectivity index (χ0n) is 15.9. The van der Waals surface area contributed by atoms with E-state index in [2.05, 4.69) is 5.32 Å². The van der Waals surface area contributed by atoms with Gasteiger partial charge in [0.05, 0.1) is 4.90 Å². The summed E-state index contributed by atoms with van der Waals surface area (Å²) in [6.45, 7) is 3.42. The number of anilines is 1. The van der Waals surface area contributed by atoms with E-state index in [4.69, 9.17) is 0 Å². The molecular weight excluding hydrogens is 367 g/mol. The Balaban J connectivity index is 2.42. The first kappa shape index (κ1) is 20.9. The Kier molecular flexibility index (Phi) is 6.59. The number of rotatable bonds is 7. The maximum Gasteiger partial charge on any atom is 0.222 e. The Morgan fingerprint density at radius 2 is 1.59 bits per heavy atom. The van der Waals surface area contributed by atoms with Crippen LogP contribution >= 0.6 is 0 Å². The number of carbonyl (C=O) groups is 1. The van der Waals surface area contributed by atoms with Gasteiger partial charge in [-0.25, -0.2) is 12.8 Å². The standard InChI is InChI=1S/C20H25FN2O3S/c1-14(2)20(24)22-13-19(15-5-9-17(10-6-15)23(3)4)27(25,26)18-11-7-16(21)8-12-18/h5-12,14,19H,13H2,1-4H3,(H,22,24)/t19-/m1/s1. The highest BCUT2D eigenvalue weighted by molar-refractivity contribution is 7.91. The van der Waals surface area contributed by atoms with Crippen molar-refractivity contribution in [3.8, 4) is 0 Å². The molecule has 0 aliphatic rings. The lowest BCUT2D eigenvalue weighted by atomic mass is 10.1. The molecule has 2 rings (SSSR count). The van der Waals surface area contributed by atoms with E-state index in [1.165, 1.54) is 12.1 Å². The number of nitrogens with one attached hydrogen (secondary N) is 1. The van der Waals surface area contributed by atoms with Crippen LogP contribution in [0.25, 0.3) is 0 Å². The minimum atomic E-state index is -3.82. The third-order valence-electron chi connectivity index (χ3n) is 4.28. The van der Waals surface area contributed by atoms with Crippen LogP contribution in [0.4, 0.5) is 10.1 Å². The summed E-state index contributed by atoms with van der Waals surface area (Å²) in [5.74, 6) is -0.983. The van der Waals surface area contributed by atoms with Gasteiger partial charge in [0.25, 0.3) is 0 Å². The molecule has 2 aromatic rings. The molecule has 0 bridgehead atoms. The van der Waals surface area contributed by atoms with E-state index in [0.29, 0.717) is 5.56 Å². The molecule has 0 fully saturated rings. The normalized spacial score (nSPS) is 12.7. The summed E-state index contributed by atoms with van der Waals surface area (Å²) in [5.41, 5.74) is 1.50. The second kappa shape index (κ2) is 8.52. The number of hydrogen-bond donors (Lipinski definition) is 1. The molecule has 5 nitrogen and oxygen atoms in total. The highest BCUT2D eigenvalue weighted by Gasteiger charge is 2.30. The van der Waals surface area contributed by atoms with Crippen LogP contribution < -0.4 is 10.2 Å². The fourth-order valence-corrected chi connectivity index (χ4v) is 4.24. The van der Waals surface area contributed by atoms with Crippen molar-refractivity contribution in [2.75, 3.05) is 25.5 Å². The highest BCUT2D eigenvalue weighted by Crippen LogP contribution is 2.30. The van der Waals surface area contributed by atoms with E-state index in [1.807, 2.05) is 31.1 Å². The van der Waals surface area contributed by atoms with Crippen LogP contribution in [-0.2, 0) is 14.6 Å². The van der Waals surface area contributed by atoms with E-state index in [1.54, 1.807) is 26.0 Å². The Morgan fingerprint density at radius 3 is 2.07 bits per heavy atom. The molecule has 0 aromatic heterocycles. The molecule has 0 aliphatic carbocycles. The Hall–Kier alpha value is -2.41. The van der Waals surface area contributed by atoms with Gasteiger partial charge in [-0.05, 0) is 42.0 Å². The van der Waals surface area contributed by atoms with Crippen LogP contribution in [0.15, 0.2) is 53.4 Å². The number of benzene rings is 2. The van der Waals surface area contributed by atoms with Crippen molar-refractivity contribution < 1.29 is 17.6 Å². The third-order valence-corrected chi connectivity index (χ3v) is 6.40. The zero-order valence-corrected chi connectivity index (χ0v) is 16.8. The van der Waals surface area contributed by atoms with Gasteiger partial charge in [-0.15, -0.1) is 0 Å². The van der Waals surface area contributed by atoms with Crippen LogP contribution in [0.3, 0.4) is 0 Å². The lowest BCUT2D eigenvalue weighted by Gasteiger charge is -2.21. The summed E-state index contributed by atoms with van der Waals surface area (Å²) >= 11 is 0. The van der Waals surface area contributed by atoms with Crippen molar-refractivity contribution >= 4 is 21.4 Å². The Morgan fingerprint density at radius 1 is 1.04 bits per heavy atom. The first-order valence-electron chi connectivity index (χ1n) is 8.67. The molecule has 27 heavy (non-hydrogen) atoms. The molecule has 1 amide bonds. The van der Waals surface area contributed by atoms with E-state index >= 15 is 0 Å². The largest absolute Gasteiger partial charge is 0.378 e. The summed E-state index contributed by atoms with van der Waals surface area (Å²) in [6, 6.07) is 11.9. The van der Waals surface area contributed by atoms with Gasteiger partial charge in [0.2, 0.25) is 5.91 Å². The van der Waals surface area contributed by atoms with E-state index < -0.39 is 20.9 Å². The quantitative estimate of drug-likeness (QED) is 0.735. The number of hydrogen-bond acceptors (Lipinski definition) is 4. The second-order valence-corrected chi connectivity index (χ2v) is 9.00. The first-order chi connectivity index (χ1) is 12.6. The van der Waals surface area contributed by atoms with Crippen molar-refractivity contribution in [1.82, 2.24) is 5.32 Å². The number of amides is 1. The maximum atomic E-state index is 13.2. The lowest BCUT2D eigenvalue weighted by molar-refractivity contribution is -0.123. The minimum Gasteiger partial charge on any atom is -0.378 e. The van der Waals surface area contributed by atoms with Gasteiger partial charge in [0, 0.05) is 32.2 Å². The molecule has 1 N–H and O–H groups in total. The topological polar surface area (TPSA) is 66.5 Å². The van der Waals surface area contributed by atoms with Crippen molar-refractivity contribution in [2.24, 2.45) is 5.92 Å². The van der Waals surface area contributed by atoms with Crippen molar-refractivity contribution in [1.29, 1.82) is 0 Å². The second-order valence-electron chi connectivity index (χ2n) is 6.87. The summed E-state index contributed by atoms with van der Waals surface area (Å²) < 4.78 is 39.5. The van der Waals surface area contributed by atoms with Gasteiger partial charge >= 0.3 is 0 Å². The van der Waals surface area contributed by atoms with Crippen molar-refractivity contribution in [3.63, 3.8) is 0 Å². The van der Waals surface area contributed by atoms with Gasteiger partial charge in [0.15, 0.2) is 9.84 Å². The van der Waals surface area contributed by atoms with Gasteiger partial charge in [-0.2, -0.15) is 0 Å². The number of halogens is 1. The Labute approximate surface area is 160 Å². The van der Waals surface area contributed by atoms with E-state index in [9.17, 15) is 17.6 Å². The lowest BCUT2D eigenvalue weighted by Crippen LogP contribution is -2.34. The molecule has 0 saturated carbocycles. The maximum absolute atomic E-state index is 13.2. The summed E-state index contributed by atoms with van der Waals surface area (Å²) in [4.78, 5) is 13.9. The van der Waals surface area contributed by atoms with Gasteiger partial charge in [-0.1, -0.05) is 26.0 Å². The summed E-state index contributed by atoms with van der Waals surface area (Å²) in [5, 5.41) is 1.73. The van der Waals surface area contributed by atoms with E-state index in [-0.39, 0.29) is 23.3 Å². The van der Waals surface area contributed by atoms with Crippen LogP contribution in [0, 0.1) is 11.7 Å². The molecule has 146 valence electrons. The summed E-state index contributed by atoms with van der Waals surface area (Å²) in [7, 11) is -0.0334. The first-order valence-corrected chi connectivity index (χ1v) is 10.2. The Bertz CT molecular complexity index is 876. The van der Waals surface area contributed by atoms with Crippen LogP contribution in [0.1, 0.15) is 24.7 Å². The predicted molar refractivity (Wildman–Crippen MR) is 105 cm³/mol. The van der Waals surface area contributed by atoms with Crippen molar-refractivity contribution in [2.45, 2.75) is 24.0 Å². The molecule has 2 aromatic carbocycles. The molecule has 7 heteroatoms. The molecule has 0 spiro atoms. The monoisotopic (exact) mass is 392 g/mol. The molecule has 0 unspecified atom stereocenters. The highest BCUT2D eigenvalue weighted by atomic mass is 32.2. The zero-order chi connectivity index (χ0) is 20.2. The molecule has 0 saturated heterocycles. The van der Waals surface area contributed by atoms with Crippen LogP contribution in [0.5, 0.6) is 0 Å². The smallest absolute Gasteiger partial charge is 0.222 e. The molecule has 1 atom stereocenters. The van der Waals surface area contributed by atoms with Gasteiger partial charge in [-0.3, -0.25) is 4.79 Å². The summed E-state index contributed by atoms with van der Waals surface area (Å²) in [6.07, 6.45) is 0. The van der Waals surface area contributed by atoms with Gasteiger partial charge in [0.1, 0.15) is 11.1 Å². The minimum absolute atomic E-state index is 0.0179. The third kappa shape index (κ3) is 5.07. The van der Waals surface area contributed by atoms with E-state index in [0.717, 1.165) is 17.8 Å². The number of sulfone groups is 1. The van der Waals surface area contributed by atoms with Gasteiger partial charge < -0.3 is 10.2 Å². The fraction of sp³-hybridized carbons (Fsp3) is 0.350. The molecule has 0 radical (unpaired) electrons. The predicted octanol–water partition coefficient (Wildman–Crippen LogP) is 3.18. The molecule has 0 aliphatic heterocycles. The number of nitrogens with zero attached hydrogens (tertiary/aromatic N) is 1. The average Bonchev–Trinajstić information content (AvgIpc) is 2.62. The van der Waals surface area contributed by atoms with Crippen LogP contribution in [0.2, 0.25) is 0 Å². The molecular formula is C20H25FN2O3S. The fourth-order valence-electron chi connectivity index (χ4n) is 2.58. The SMILES string of the molecule is CC(C)C(=O)NC[C@H](c1ccc(N(C)C)cc1)S(=O)(=O)c1ccc(F)cc1. The number of carbonyl (C=O) groups excluding carboxylic acids is 1. The average molecular weight is 392 g/mol. The van der Waals surface area contributed by atoms with Crippen LogP contribution in [-0.4, -0.2) is 35.0 Å². The van der Waals surface area contributed by atoms with Crippen molar-refractivity contribution in [3.05, 3.63) is 59.9 Å².